The lowest BCUT2D eigenvalue weighted by molar-refractivity contribution is -0.158. The van der Waals surface area contributed by atoms with Crippen molar-refractivity contribution in [3.63, 3.8) is 0 Å². The maximum absolute atomic E-state index is 11.9. The minimum atomic E-state index is -0.402. The van der Waals surface area contributed by atoms with Gasteiger partial charge < -0.3 is 10.1 Å². The molecule has 0 unspecified atom stereocenters. The molecule has 0 aromatic carbocycles. The predicted molar refractivity (Wildman–Crippen MR) is 55.2 cm³/mol. The van der Waals surface area contributed by atoms with Gasteiger partial charge in [0.2, 0.25) is 0 Å². The van der Waals surface area contributed by atoms with Crippen LogP contribution in [0.2, 0.25) is 0 Å². The summed E-state index contributed by atoms with van der Waals surface area (Å²) in [5.74, 6) is -0.0773. The van der Waals surface area contributed by atoms with Crippen LogP contribution in [0.1, 0.15) is 19.8 Å². The summed E-state index contributed by atoms with van der Waals surface area (Å²) in [5.41, 5.74) is -0.402. The summed E-state index contributed by atoms with van der Waals surface area (Å²) in [6.07, 6.45) is 1.66. The fraction of sp³-hybridized carbons (Fsp3) is 0.900. The molecule has 0 aromatic rings. The van der Waals surface area contributed by atoms with Gasteiger partial charge in [-0.15, -0.1) is 0 Å². The van der Waals surface area contributed by atoms with E-state index in [4.69, 9.17) is 4.74 Å². The largest absolute Gasteiger partial charge is 0.465 e. The molecular formula is C10H20N2O2. The van der Waals surface area contributed by atoms with E-state index in [0.717, 1.165) is 25.9 Å². The molecular weight excluding hydrogens is 180 g/mol. The molecule has 0 spiro atoms. The number of nitrogens with zero attached hydrogens (tertiary/aromatic N) is 1. The van der Waals surface area contributed by atoms with Crippen LogP contribution in [0.4, 0.5) is 0 Å². The van der Waals surface area contributed by atoms with Gasteiger partial charge in [-0.3, -0.25) is 9.69 Å². The summed E-state index contributed by atoms with van der Waals surface area (Å²) in [6, 6.07) is 0. The molecule has 0 bridgehead atoms. The van der Waals surface area contributed by atoms with Crippen LogP contribution in [-0.4, -0.2) is 50.2 Å². The Bertz CT molecular complexity index is 198. The number of piperidine rings is 1. The molecule has 0 aromatic heterocycles. The second-order valence-electron chi connectivity index (χ2n) is 3.90. The van der Waals surface area contributed by atoms with Gasteiger partial charge in [-0.1, -0.05) is 0 Å². The Morgan fingerprint density at radius 2 is 2.00 bits per heavy atom. The van der Waals surface area contributed by atoms with E-state index in [-0.39, 0.29) is 5.97 Å². The van der Waals surface area contributed by atoms with Gasteiger partial charge in [0.15, 0.2) is 0 Å². The van der Waals surface area contributed by atoms with E-state index >= 15 is 0 Å². The number of hydrogen-bond donors (Lipinski definition) is 1. The van der Waals surface area contributed by atoms with Gasteiger partial charge in [-0.05, 0) is 47.0 Å². The molecule has 1 aliphatic heterocycles. The standard InChI is InChI=1S/C10H20N2O2/c1-4-14-9(13)10(12(2)3)5-7-11-8-6-10/h11H,4-8H2,1-3H3. The average molecular weight is 200 g/mol. The Hall–Kier alpha value is -0.610. The van der Waals surface area contributed by atoms with Crippen LogP contribution in [0.5, 0.6) is 0 Å². The molecule has 82 valence electrons. The highest BCUT2D eigenvalue weighted by Gasteiger charge is 2.42. The maximum Gasteiger partial charge on any atom is 0.326 e. The first-order valence-electron chi connectivity index (χ1n) is 5.19. The highest BCUT2D eigenvalue weighted by Crippen LogP contribution is 2.25. The van der Waals surface area contributed by atoms with Gasteiger partial charge in [0.1, 0.15) is 5.54 Å². The first-order chi connectivity index (χ1) is 6.63. The molecule has 1 saturated heterocycles. The SMILES string of the molecule is CCOC(=O)C1(N(C)C)CCNCC1. The van der Waals surface area contributed by atoms with E-state index < -0.39 is 5.54 Å². The molecule has 1 N–H and O–H groups in total. The Balaban J connectivity index is 2.74. The van der Waals surface area contributed by atoms with Crippen LogP contribution in [-0.2, 0) is 9.53 Å². The van der Waals surface area contributed by atoms with Crippen LogP contribution in [0.15, 0.2) is 0 Å². The number of likely N-dealkylation sites (N-methyl/N-ethyl adjacent to an activating group) is 1. The third kappa shape index (κ3) is 2.07. The Kier molecular flexibility index (Phi) is 3.89. The topological polar surface area (TPSA) is 41.6 Å². The maximum atomic E-state index is 11.9. The molecule has 14 heavy (non-hydrogen) atoms. The van der Waals surface area contributed by atoms with Crippen molar-refractivity contribution in [2.45, 2.75) is 25.3 Å². The lowest BCUT2D eigenvalue weighted by atomic mass is 9.87. The number of ether oxygens (including phenoxy) is 1. The third-order valence-electron chi connectivity index (χ3n) is 2.94. The van der Waals surface area contributed by atoms with Crippen LogP contribution >= 0.6 is 0 Å². The zero-order chi connectivity index (χ0) is 10.6. The molecule has 0 aliphatic carbocycles. The van der Waals surface area contributed by atoms with Crippen LogP contribution < -0.4 is 5.32 Å². The predicted octanol–water partition coefficient (Wildman–Crippen LogP) is 0.233. The molecule has 4 nitrogen and oxygen atoms in total. The van der Waals surface area contributed by atoms with Gasteiger partial charge in [-0.2, -0.15) is 0 Å². The van der Waals surface area contributed by atoms with Gasteiger partial charge in [0, 0.05) is 0 Å². The fourth-order valence-corrected chi connectivity index (χ4v) is 1.94. The summed E-state index contributed by atoms with van der Waals surface area (Å²) in [5, 5.41) is 3.26. The van der Waals surface area contributed by atoms with Gasteiger partial charge in [-0.25, -0.2) is 0 Å². The number of carbonyl (C=O) groups excluding carboxylic acids is 1. The number of rotatable bonds is 3. The van der Waals surface area contributed by atoms with Crippen molar-refractivity contribution in [3.05, 3.63) is 0 Å². The summed E-state index contributed by atoms with van der Waals surface area (Å²) in [4.78, 5) is 13.9. The quantitative estimate of drug-likeness (QED) is 0.662. The minimum absolute atomic E-state index is 0.0773. The van der Waals surface area contributed by atoms with Crippen molar-refractivity contribution >= 4 is 5.97 Å². The van der Waals surface area contributed by atoms with Crippen molar-refractivity contribution in [2.75, 3.05) is 33.8 Å². The van der Waals surface area contributed by atoms with Crippen LogP contribution in [0, 0.1) is 0 Å². The lowest BCUT2D eigenvalue weighted by Gasteiger charge is -2.40. The Morgan fingerprint density at radius 1 is 1.43 bits per heavy atom. The molecule has 0 amide bonds. The average Bonchev–Trinajstić information content (AvgIpc) is 2.19. The van der Waals surface area contributed by atoms with Gasteiger partial charge in [0.05, 0.1) is 6.61 Å². The summed E-state index contributed by atoms with van der Waals surface area (Å²) in [6.45, 7) is 4.08. The molecule has 0 atom stereocenters. The second kappa shape index (κ2) is 4.75. The number of nitrogens with one attached hydrogen (secondary N) is 1. The molecule has 1 fully saturated rings. The van der Waals surface area contributed by atoms with E-state index in [2.05, 4.69) is 5.32 Å². The highest BCUT2D eigenvalue weighted by molar-refractivity contribution is 5.81. The fourth-order valence-electron chi connectivity index (χ4n) is 1.94. The van der Waals surface area contributed by atoms with Crippen LogP contribution in [0.3, 0.4) is 0 Å². The van der Waals surface area contributed by atoms with Crippen molar-refractivity contribution in [1.29, 1.82) is 0 Å². The number of carbonyl (C=O) groups is 1. The Morgan fingerprint density at radius 3 is 2.43 bits per heavy atom. The monoisotopic (exact) mass is 200 g/mol. The zero-order valence-electron chi connectivity index (χ0n) is 9.30. The molecule has 0 saturated carbocycles. The molecule has 1 aliphatic rings. The molecule has 4 heteroatoms. The smallest absolute Gasteiger partial charge is 0.326 e. The van der Waals surface area contributed by atoms with E-state index in [1.165, 1.54) is 0 Å². The van der Waals surface area contributed by atoms with E-state index in [0.29, 0.717) is 6.61 Å². The van der Waals surface area contributed by atoms with Gasteiger partial charge in [0.25, 0.3) is 0 Å². The second-order valence-corrected chi connectivity index (χ2v) is 3.90. The lowest BCUT2D eigenvalue weighted by Crippen LogP contribution is -2.57. The highest BCUT2D eigenvalue weighted by atomic mass is 16.5. The summed E-state index contributed by atoms with van der Waals surface area (Å²) >= 11 is 0. The first kappa shape index (κ1) is 11.5. The van der Waals surface area contributed by atoms with E-state index in [9.17, 15) is 4.79 Å². The normalized spacial score (nSPS) is 20.9. The first-order valence-corrected chi connectivity index (χ1v) is 5.19. The number of esters is 1. The third-order valence-corrected chi connectivity index (χ3v) is 2.94. The summed E-state index contributed by atoms with van der Waals surface area (Å²) < 4.78 is 5.14. The minimum Gasteiger partial charge on any atom is -0.465 e. The Labute approximate surface area is 85.6 Å². The molecule has 0 radical (unpaired) electrons. The number of hydrogen-bond acceptors (Lipinski definition) is 4. The zero-order valence-corrected chi connectivity index (χ0v) is 9.30. The van der Waals surface area contributed by atoms with Crippen molar-refractivity contribution in [1.82, 2.24) is 10.2 Å². The molecule has 1 rings (SSSR count). The van der Waals surface area contributed by atoms with Crippen molar-refractivity contribution in [2.24, 2.45) is 0 Å². The molecule has 1 heterocycles. The van der Waals surface area contributed by atoms with Crippen LogP contribution in [0.25, 0.3) is 0 Å². The summed E-state index contributed by atoms with van der Waals surface area (Å²) in [7, 11) is 3.89. The van der Waals surface area contributed by atoms with E-state index in [1.807, 2.05) is 25.9 Å². The van der Waals surface area contributed by atoms with E-state index in [1.54, 1.807) is 0 Å². The van der Waals surface area contributed by atoms with Crippen molar-refractivity contribution in [3.8, 4) is 0 Å². The van der Waals surface area contributed by atoms with Crippen molar-refractivity contribution < 1.29 is 9.53 Å². The van der Waals surface area contributed by atoms with Gasteiger partial charge >= 0.3 is 5.97 Å².